The van der Waals surface area contributed by atoms with Gasteiger partial charge in [0.05, 0.1) is 5.56 Å². The third-order valence-electron chi connectivity index (χ3n) is 3.88. The topological polar surface area (TPSA) is 55.4 Å². The monoisotopic (exact) mass is 323 g/mol. The van der Waals surface area contributed by atoms with Gasteiger partial charge in [-0.25, -0.2) is 4.79 Å². The van der Waals surface area contributed by atoms with Gasteiger partial charge in [0.2, 0.25) is 0 Å². The highest BCUT2D eigenvalue weighted by molar-refractivity contribution is 6.30. The Morgan fingerprint density at radius 1 is 1.05 bits per heavy atom. The zero-order valence-electron chi connectivity index (χ0n) is 12.6. The molecule has 4 nitrogen and oxygen atoms in total. The largest absolute Gasteiger partial charge is 0.452 e. The van der Waals surface area contributed by atoms with Gasteiger partial charge < -0.3 is 10.1 Å². The van der Waals surface area contributed by atoms with E-state index >= 15 is 0 Å². The number of hydrogen-bond donors (Lipinski definition) is 1. The molecule has 0 aliphatic heterocycles. The highest BCUT2D eigenvalue weighted by Gasteiger charge is 2.15. The van der Waals surface area contributed by atoms with Crippen molar-refractivity contribution < 1.29 is 14.3 Å². The van der Waals surface area contributed by atoms with Crippen LogP contribution in [0.3, 0.4) is 0 Å². The number of halogens is 1. The van der Waals surface area contributed by atoms with Crippen LogP contribution in [-0.2, 0) is 9.53 Å². The first-order valence-electron chi connectivity index (χ1n) is 7.87. The molecule has 1 N–H and O–H groups in total. The first-order valence-corrected chi connectivity index (χ1v) is 8.25. The average Bonchev–Trinajstić information content (AvgIpc) is 2.48. The van der Waals surface area contributed by atoms with E-state index < -0.39 is 5.97 Å². The summed E-state index contributed by atoms with van der Waals surface area (Å²) in [6.45, 7) is -0.238. The zero-order valence-corrected chi connectivity index (χ0v) is 13.4. The normalized spacial score (nSPS) is 16.4. The van der Waals surface area contributed by atoms with Crippen LogP contribution in [0.4, 0.5) is 0 Å². The van der Waals surface area contributed by atoms with Crippen molar-refractivity contribution in [2.45, 2.75) is 51.0 Å². The number of benzene rings is 1. The zero-order chi connectivity index (χ0) is 15.8. The molecule has 0 atom stereocenters. The molecule has 1 aromatic carbocycles. The molecule has 5 heteroatoms. The van der Waals surface area contributed by atoms with Crippen molar-refractivity contribution in [1.29, 1.82) is 0 Å². The molecular weight excluding hydrogens is 302 g/mol. The molecular formula is C17H22ClNO3. The maximum atomic E-state index is 11.9. The van der Waals surface area contributed by atoms with Gasteiger partial charge in [-0.1, -0.05) is 43.7 Å². The van der Waals surface area contributed by atoms with Crippen molar-refractivity contribution in [2.24, 2.45) is 0 Å². The van der Waals surface area contributed by atoms with Crippen molar-refractivity contribution in [1.82, 2.24) is 5.32 Å². The minimum Gasteiger partial charge on any atom is -0.452 e. The fourth-order valence-electron chi connectivity index (χ4n) is 2.67. The van der Waals surface area contributed by atoms with Gasteiger partial charge in [0.15, 0.2) is 6.61 Å². The molecule has 120 valence electrons. The van der Waals surface area contributed by atoms with Gasteiger partial charge in [0.25, 0.3) is 5.91 Å². The van der Waals surface area contributed by atoms with Gasteiger partial charge >= 0.3 is 5.97 Å². The third kappa shape index (κ3) is 5.68. The Labute approximate surface area is 136 Å². The number of hydrogen-bond acceptors (Lipinski definition) is 3. The highest BCUT2D eigenvalue weighted by atomic mass is 35.5. The minimum atomic E-state index is -0.510. The SMILES string of the molecule is O=C(COC(=O)c1ccc(Cl)cc1)NC1CCCCCCC1. The molecule has 0 unspecified atom stereocenters. The van der Waals surface area contributed by atoms with Crippen LogP contribution in [0.2, 0.25) is 5.02 Å². The van der Waals surface area contributed by atoms with E-state index in [4.69, 9.17) is 16.3 Å². The van der Waals surface area contributed by atoms with Crippen molar-refractivity contribution in [3.8, 4) is 0 Å². The summed E-state index contributed by atoms with van der Waals surface area (Å²) in [7, 11) is 0. The molecule has 1 saturated carbocycles. The van der Waals surface area contributed by atoms with E-state index in [1.54, 1.807) is 24.3 Å². The molecule has 0 aromatic heterocycles. The third-order valence-corrected chi connectivity index (χ3v) is 4.14. The second-order valence-electron chi connectivity index (χ2n) is 5.69. The lowest BCUT2D eigenvalue weighted by atomic mass is 9.97. The number of rotatable bonds is 4. The maximum absolute atomic E-state index is 11.9. The Morgan fingerprint density at radius 3 is 2.27 bits per heavy atom. The van der Waals surface area contributed by atoms with E-state index in [-0.39, 0.29) is 18.6 Å². The second-order valence-corrected chi connectivity index (χ2v) is 6.13. The number of carbonyl (C=O) groups excluding carboxylic acids is 2. The number of carbonyl (C=O) groups is 2. The van der Waals surface area contributed by atoms with Crippen molar-refractivity contribution >= 4 is 23.5 Å². The Bertz CT molecular complexity index is 493. The van der Waals surface area contributed by atoms with Gasteiger partial charge in [-0.2, -0.15) is 0 Å². The van der Waals surface area contributed by atoms with E-state index in [1.165, 1.54) is 19.3 Å². The van der Waals surface area contributed by atoms with Crippen LogP contribution >= 0.6 is 11.6 Å². The lowest BCUT2D eigenvalue weighted by molar-refractivity contribution is -0.125. The number of nitrogens with one attached hydrogen (secondary N) is 1. The summed E-state index contributed by atoms with van der Waals surface area (Å²) in [5, 5.41) is 3.52. The molecule has 1 fully saturated rings. The molecule has 2 rings (SSSR count). The maximum Gasteiger partial charge on any atom is 0.338 e. The molecule has 0 bridgehead atoms. The Morgan fingerprint density at radius 2 is 1.64 bits per heavy atom. The summed E-state index contributed by atoms with van der Waals surface area (Å²) in [5.41, 5.74) is 0.392. The van der Waals surface area contributed by atoms with Crippen molar-refractivity contribution in [3.63, 3.8) is 0 Å². The predicted octanol–water partition coefficient (Wildman–Crippen LogP) is 3.73. The molecule has 0 radical (unpaired) electrons. The first-order chi connectivity index (χ1) is 10.6. The minimum absolute atomic E-state index is 0.210. The summed E-state index contributed by atoms with van der Waals surface area (Å²) in [4.78, 5) is 23.7. The molecule has 1 aliphatic carbocycles. The Balaban J connectivity index is 1.74. The Kier molecular flexibility index (Phi) is 6.72. The number of esters is 1. The van der Waals surface area contributed by atoms with Crippen LogP contribution in [0.5, 0.6) is 0 Å². The fourth-order valence-corrected chi connectivity index (χ4v) is 2.80. The van der Waals surface area contributed by atoms with Gasteiger partial charge in [0.1, 0.15) is 0 Å². The van der Waals surface area contributed by atoms with Crippen LogP contribution in [0, 0.1) is 0 Å². The van der Waals surface area contributed by atoms with E-state index in [9.17, 15) is 9.59 Å². The summed E-state index contributed by atoms with van der Waals surface area (Å²) in [5.74, 6) is -0.739. The fraction of sp³-hybridized carbons (Fsp3) is 0.529. The molecule has 0 saturated heterocycles. The van der Waals surface area contributed by atoms with Gasteiger partial charge in [-0.05, 0) is 37.1 Å². The number of amides is 1. The second kappa shape index (κ2) is 8.79. The predicted molar refractivity (Wildman–Crippen MR) is 86.0 cm³/mol. The highest BCUT2D eigenvalue weighted by Crippen LogP contribution is 2.17. The van der Waals surface area contributed by atoms with E-state index in [1.807, 2.05) is 0 Å². The molecule has 1 aliphatic rings. The van der Waals surface area contributed by atoms with Crippen LogP contribution in [0.25, 0.3) is 0 Å². The smallest absolute Gasteiger partial charge is 0.338 e. The van der Waals surface area contributed by atoms with Gasteiger partial charge in [-0.15, -0.1) is 0 Å². The molecule has 1 aromatic rings. The van der Waals surface area contributed by atoms with Crippen LogP contribution in [0.1, 0.15) is 55.3 Å². The van der Waals surface area contributed by atoms with Crippen LogP contribution < -0.4 is 5.32 Å². The van der Waals surface area contributed by atoms with E-state index in [0.29, 0.717) is 10.6 Å². The average molecular weight is 324 g/mol. The van der Waals surface area contributed by atoms with Crippen molar-refractivity contribution in [3.05, 3.63) is 34.9 Å². The summed E-state index contributed by atoms with van der Waals surface area (Å²) in [6, 6.07) is 6.61. The summed E-state index contributed by atoms with van der Waals surface area (Å²) in [6.07, 6.45) is 8.08. The summed E-state index contributed by atoms with van der Waals surface area (Å²) >= 11 is 5.76. The lowest BCUT2D eigenvalue weighted by Gasteiger charge is -2.20. The molecule has 0 spiro atoms. The number of ether oxygens (including phenoxy) is 1. The van der Waals surface area contributed by atoms with Crippen molar-refractivity contribution in [2.75, 3.05) is 6.61 Å². The molecule has 22 heavy (non-hydrogen) atoms. The first kappa shape index (κ1) is 16.8. The van der Waals surface area contributed by atoms with Crippen LogP contribution in [0.15, 0.2) is 24.3 Å². The summed E-state index contributed by atoms with van der Waals surface area (Å²) < 4.78 is 5.03. The van der Waals surface area contributed by atoms with E-state index in [0.717, 1.165) is 25.7 Å². The van der Waals surface area contributed by atoms with Crippen LogP contribution in [-0.4, -0.2) is 24.5 Å². The van der Waals surface area contributed by atoms with Gasteiger partial charge in [0, 0.05) is 11.1 Å². The van der Waals surface area contributed by atoms with Gasteiger partial charge in [-0.3, -0.25) is 4.79 Å². The quantitative estimate of drug-likeness (QED) is 0.859. The lowest BCUT2D eigenvalue weighted by Crippen LogP contribution is -2.38. The van der Waals surface area contributed by atoms with E-state index in [2.05, 4.69) is 5.32 Å². The Hall–Kier alpha value is -1.55. The molecule has 1 amide bonds. The standard InChI is InChI=1S/C17H22ClNO3/c18-14-10-8-13(9-11-14)17(21)22-12-16(20)19-15-6-4-2-1-3-5-7-15/h8-11,15H,1-7,12H2,(H,19,20). The molecule has 0 heterocycles.